The van der Waals surface area contributed by atoms with Gasteiger partial charge < -0.3 is 24.7 Å². The Kier molecular flexibility index (Phi) is 5.81. The number of pyridine rings is 1. The number of hydrogen-bond donors (Lipinski definition) is 2. The minimum Gasteiger partial charge on any atom is -0.379 e. The van der Waals surface area contributed by atoms with Crippen molar-refractivity contribution in [1.82, 2.24) is 29.5 Å². The van der Waals surface area contributed by atoms with Crippen LogP contribution in [0, 0.1) is 0 Å². The van der Waals surface area contributed by atoms with Crippen molar-refractivity contribution in [3.05, 3.63) is 42.4 Å². The summed E-state index contributed by atoms with van der Waals surface area (Å²) in [4.78, 5) is 22.5. The SMILES string of the molecule is CNc1cc(-c2cnc3n(C4CCOC[C@@H]4OC)cccc2-3)nc2c(C(=O)NC3CC[C@@H]3F)cnn12. The molecule has 4 atom stereocenters. The third-order valence-electron chi connectivity index (χ3n) is 7.29. The van der Waals surface area contributed by atoms with Gasteiger partial charge in [0.05, 0.1) is 30.6 Å². The van der Waals surface area contributed by atoms with Crippen LogP contribution < -0.4 is 10.6 Å². The lowest BCUT2D eigenvalue weighted by atomic mass is 9.90. The summed E-state index contributed by atoms with van der Waals surface area (Å²) >= 11 is 0. The van der Waals surface area contributed by atoms with Crippen LogP contribution in [0.2, 0.25) is 0 Å². The van der Waals surface area contributed by atoms with Gasteiger partial charge in [-0.1, -0.05) is 0 Å². The quantitative estimate of drug-likeness (QED) is 0.425. The van der Waals surface area contributed by atoms with E-state index in [4.69, 9.17) is 19.4 Å². The Morgan fingerprint density at radius 3 is 2.89 bits per heavy atom. The van der Waals surface area contributed by atoms with Gasteiger partial charge in [-0.2, -0.15) is 9.61 Å². The maximum absolute atomic E-state index is 13.7. The van der Waals surface area contributed by atoms with E-state index in [9.17, 15) is 9.18 Å². The number of rotatable bonds is 6. The number of anilines is 1. The number of carbonyl (C=O) groups is 1. The molecular formula is C25H28FN7O3. The molecule has 2 aromatic rings. The average molecular weight is 494 g/mol. The molecule has 0 radical (unpaired) electrons. The Labute approximate surface area is 207 Å². The van der Waals surface area contributed by atoms with Crippen molar-refractivity contribution in [3.63, 3.8) is 0 Å². The minimum absolute atomic E-state index is 0.0627. The third-order valence-corrected chi connectivity index (χ3v) is 7.29. The predicted octanol–water partition coefficient (Wildman–Crippen LogP) is 2.95. The highest BCUT2D eigenvalue weighted by Crippen LogP contribution is 2.37. The van der Waals surface area contributed by atoms with E-state index in [1.807, 2.05) is 24.4 Å². The number of alkyl halides is 1. The van der Waals surface area contributed by atoms with Gasteiger partial charge in [0.2, 0.25) is 0 Å². The number of methoxy groups -OCH3 is 1. The number of fused-ring (bicyclic) bond motifs is 2. The Balaban J connectivity index is 1.39. The molecule has 10 nitrogen and oxygen atoms in total. The molecule has 0 bridgehead atoms. The molecule has 2 fully saturated rings. The lowest BCUT2D eigenvalue weighted by Crippen LogP contribution is -2.48. The summed E-state index contributed by atoms with van der Waals surface area (Å²) in [5.41, 5.74) is 3.14. The molecule has 1 aliphatic carbocycles. The molecule has 1 amide bonds. The summed E-state index contributed by atoms with van der Waals surface area (Å²) in [5, 5.41) is 10.3. The van der Waals surface area contributed by atoms with Crippen LogP contribution in [0.4, 0.5) is 10.2 Å². The van der Waals surface area contributed by atoms with E-state index in [0.717, 1.165) is 23.4 Å². The van der Waals surface area contributed by atoms with Crippen LogP contribution in [0.25, 0.3) is 28.3 Å². The molecule has 3 aliphatic heterocycles. The summed E-state index contributed by atoms with van der Waals surface area (Å²) in [6, 6.07) is 5.54. The van der Waals surface area contributed by atoms with E-state index >= 15 is 0 Å². The number of nitrogens with one attached hydrogen (secondary N) is 2. The number of halogens is 1. The van der Waals surface area contributed by atoms with Crippen LogP contribution in [0.5, 0.6) is 0 Å². The van der Waals surface area contributed by atoms with Gasteiger partial charge in [0, 0.05) is 50.4 Å². The fraction of sp³-hybridized carbons (Fsp3) is 0.440. The number of ether oxygens (including phenoxy) is 2. The minimum atomic E-state index is -1.01. The molecule has 6 rings (SSSR count). The Morgan fingerprint density at radius 1 is 1.25 bits per heavy atom. The second kappa shape index (κ2) is 9.14. The van der Waals surface area contributed by atoms with Crippen molar-refractivity contribution in [1.29, 1.82) is 0 Å². The van der Waals surface area contributed by atoms with Gasteiger partial charge in [-0.25, -0.2) is 14.4 Å². The van der Waals surface area contributed by atoms with Crippen molar-refractivity contribution < 1.29 is 18.7 Å². The van der Waals surface area contributed by atoms with E-state index in [1.165, 1.54) is 6.20 Å². The van der Waals surface area contributed by atoms with Gasteiger partial charge in [0.1, 0.15) is 29.5 Å². The summed E-state index contributed by atoms with van der Waals surface area (Å²) < 4.78 is 28.8. The molecule has 5 heterocycles. The molecule has 1 saturated heterocycles. The van der Waals surface area contributed by atoms with Crippen molar-refractivity contribution in [2.24, 2.45) is 0 Å². The van der Waals surface area contributed by atoms with Gasteiger partial charge in [-0.15, -0.1) is 0 Å². The Bertz CT molecular complexity index is 1390. The number of aromatic nitrogens is 5. The smallest absolute Gasteiger partial charge is 0.257 e. The number of hydrogen-bond acceptors (Lipinski definition) is 7. The fourth-order valence-electron chi connectivity index (χ4n) is 5.08. The van der Waals surface area contributed by atoms with Crippen LogP contribution in [0.15, 0.2) is 36.8 Å². The Morgan fingerprint density at radius 2 is 2.14 bits per heavy atom. The molecule has 4 aliphatic rings. The zero-order valence-corrected chi connectivity index (χ0v) is 20.1. The zero-order valence-electron chi connectivity index (χ0n) is 20.1. The second-order valence-corrected chi connectivity index (χ2v) is 9.27. The van der Waals surface area contributed by atoms with Crippen molar-refractivity contribution in [2.75, 3.05) is 32.7 Å². The van der Waals surface area contributed by atoms with Crippen LogP contribution in [0.3, 0.4) is 0 Å². The fourth-order valence-corrected chi connectivity index (χ4v) is 5.08. The maximum Gasteiger partial charge on any atom is 0.257 e. The first-order chi connectivity index (χ1) is 17.6. The number of carbonyl (C=O) groups excluding carboxylic acids is 1. The summed E-state index contributed by atoms with van der Waals surface area (Å²) in [6.07, 6.45) is 6.17. The van der Waals surface area contributed by atoms with Crippen molar-refractivity contribution >= 4 is 17.4 Å². The van der Waals surface area contributed by atoms with Crippen molar-refractivity contribution in [2.45, 2.75) is 43.6 Å². The van der Waals surface area contributed by atoms with Crippen LogP contribution in [-0.2, 0) is 9.47 Å². The van der Waals surface area contributed by atoms with Crippen LogP contribution in [0.1, 0.15) is 35.7 Å². The molecule has 188 valence electrons. The summed E-state index contributed by atoms with van der Waals surface area (Å²) in [6.45, 7) is 1.21. The van der Waals surface area contributed by atoms with Gasteiger partial charge >= 0.3 is 0 Å². The van der Waals surface area contributed by atoms with Crippen LogP contribution >= 0.6 is 0 Å². The van der Waals surface area contributed by atoms with E-state index in [-0.39, 0.29) is 18.1 Å². The highest BCUT2D eigenvalue weighted by Gasteiger charge is 2.33. The van der Waals surface area contributed by atoms with E-state index in [2.05, 4.69) is 20.3 Å². The lowest BCUT2D eigenvalue weighted by molar-refractivity contribution is -0.0600. The standard InChI is InChI=1S/C25H28FN7O3/c1-27-22-10-19(30-24-16(12-29-33(22)24)25(34)31-18-6-5-17(18)26)15-11-28-23-14(15)4-3-8-32(23)20-7-9-36-13-21(20)35-2/h3-4,8,10-12,17-18,20-21,27H,5-7,9,13H2,1-2H3,(H,31,34)/t17-,18?,20?,21-/m0/s1. The zero-order chi connectivity index (χ0) is 24.8. The highest BCUT2D eigenvalue weighted by atomic mass is 19.1. The average Bonchev–Trinajstić information content (AvgIpc) is 3.54. The second-order valence-electron chi connectivity index (χ2n) is 9.27. The first-order valence-corrected chi connectivity index (χ1v) is 12.2. The van der Waals surface area contributed by atoms with E-state index in [1.54, 1.807) is 24.9 Å². The largest absolute Gasteiger partial charge is 0.379 e. The van der Waals surface area contributed by atoms with Crippen molar-refractivity contribution in [3.8, 4) is 22.6 Å². The van der Waals surface area contributed by atoms with Gasteiger partial charge in [-0.3, -0.25) is 4.79 Å². The molecule has 0 aromatic carbocycles. The normalized spacial score (nSPS) is 24.1. The Hall–Kier alpha value is -3.57. The lowest BCUT2D eigenvalue weighted by Gasteiger charge is -2.33. The molecular weight excluding hydrogens is 465 g/mol. The summed E-state index contributed by atoms with van der Waals surface area (Å²) in [5.74, 6) is 1.13. The van der Waals surface area contributed by atoms with Crippen LogP contribution in [-0.4, -0.2) is 75.7 Å². The first kappa shape index (κ1) is 22.9. The number of nitrogens with zero attached hydrogens (tertiary/aromatic N) is 5. The molecule has 2 aromatic heterocycles. The maximum atomic E-state index is 13.7. The van der Waals surface area contributed by atoms with E-state index < -0.39 is 12.2 Å². The predicted molar refractivity (Wildman–Crippen MR) is 131 cm³/mol. The topological polar surface area (TPSA) is 108 Å². The monoisotopic (exact) mass is 493 g/mol. The molecule has 1 saturated carbocycles. The third kappa shape index (κ3) is 3.70. The van der Waals surface area contributed by atoms with Gasteiger partial charge in [0.25, 0.3) is 5.91 Å². The van der Waals surface area contributed by atoms with Gasteiger partial charge in [-0.05, 0) is 31.4 Å². The number of amides is 1. The molecule has 2 unspecified atom stereocenters. The molecule has 11 heteroatoms. The van der Waals surface area contributed by atoms with Gasteiger partial charge in [0.15, 0.2) is 5.65 Å². The molecule has 0 spiro atoms. The molecule has 2 N–H and O–H groups in total. The summed E-state index contributed by atoms with van der Waals surface area (Å²) in [7, 11) is 3.49. The first-order valence-electron chi connectivity index (χ1n) is 12.2. The highest BCUT2D eigenvalue weighted by molar-refractivity contribution is 6.00. The molecule has 36 heavy (non-hydrogen) atoms. The van der Waals surface area contributed by atoms with E-state index in [0.29, 0.717) is 48.8 Å².